The zero-order valence-electron chi connectivity index (χ0n) is 19.3. The number of hydrogen-bond donors (Lipinski definition) is 0. The van der Waals surface area contributed by atoms with Gasteiger partial charge in [-0.3, -0.25) is 0 Å². The van der Waals surface area contributed by atoms with E-state index in [1.54, 1.807) is 6.20 Å². The monoisotopic (exact) mass is 646 g/mol. The maximum Gasteiger partial charge on any atom is 2.00 e. The van der Waals surface area contributed by atoms with Crippen LogP contribution in [0.25, 0.3) is 38.8 Å². The molecule has 0 saturated heterocycles. The standard InChI is InChI=1S/C31H21N3O.Pt/c1-2-9-28-26(8-1)27-14-13-23(22-6-5-7-25(18-22)35-31-10-3-4-16-33-31)19-29(27)34(28)30-20-24(15-17-32-30)21-11-12-21;/h1-10,13-17,20-21H,11-12H2;/q-2;+2. The molecule has 1 aliphatic rings. The van der Waals surface area contributed by atoms with Crippen LogP contribution in [-0.2, 0) is 21.1 Å². The molecule has 6 aromatic rings. The molecule has 0 radical (unpaired) electrons. The number of rotatable bonds is 5. The van der Waals surface area contributed by atoms with E-state index in [-0.39, 0.29) is 21.1 Å². The van der Waals surface area contributed by atoms with Gasteiger partial charge in [0.05, 0.1) is 0 Å². The second kappa shape index (κ2) is 9.37. The molecule has 0 amide bonds. The average molecular weight is 647 g/mol. The Kier molecular flexibility index (Phi) is 5.91. The number of hydrogen-bond acceptors (Lipinski definition) is 3. The van der Waals surface area contributed by atoms with Gasteiger partial charge in [0, 0.05) is 29.7 Å². The first-order chi connectivity index (χ1) is 17.3. The molecular weight excluding hydrogens is 625 g/mol. The van der Waals surface area contributed by atoms with E-state index < -0.39 is 0 Å². The quantitative estimate of drug-likeness (QED) is 0.182. The summed E-state index contributed by atoms with van der Waals surface area (Å²) in [6.45, 7) is 0. The molecule has 0 unspecified atom stereocenters. The first-order valence-electron chi connectivity index (χ1n) is 11.9. The zero-order valence-corrected chi connectivity index (χ0v) is 21.6. The van der Waals surface area contributed by atoms with Crippen molar-refractivity contribution in [3.63, 3.8) is 0 Å². The molecule has 36 heavy (non-hydrogen) atoms. The molecule has 1 fully saturated rings. The maximum absolute atomic E-state index is 5.91. The fourth-order valence-corrected chi connectivity index (χ4v) is 4.70. The number of para-hydroxylation sites is 1. The third kappa shape index (κ3) is 4.12. The Hall–Kier alpha value is -3.75. The van der Waals surface area contributed by atoms with Gasteiger partial charge < -0.3 is 9.30 Å². The molecule has 0 aliphatic heterocycles. The van der Waals surface area contributed by atoms with Crippen LogP contribution in [0.5, 0.6) is 11.6 Å². The molecule has 0 spiro atoms. The van der Waals surface area contributed by atoms with E-state index in [9.17, 15) is 0 Å². The van der Waals surface area contributed by atoms with Gasteiger partial charge in [0.25, 0.3) is 0 Å². The smallest absolute Gasteiger partial charge is 0.460 e. The Morgan fingerprint density at radius 1 is 0.750 bits per heavy atom. The van der Waals surface area contributed by atoms with Crippen LogP contribution < -0.4 is 4.74 Å². The van der Waals surface area contributed by atoms with Crippen molar-refractivity contribution in [1.29, 1.82) is 0 Å². The normalized spacial score (nSPS) is 13.0. The van der Waals surface area contributed by atoms with Gasteiger partial charge in [-0.25, -0.2) is 21.1 Å². The van der Waals surface area contributed by atoms with Crippen LogP contribution >= 0.6 is 0 Å². The number of nitrogens with zero attached hydrogens (tertiary/aromatic N) is 3. The Morgan fingerprint density at radius 3 is 2.47 bits per heavy atom. The van der Waals surface area contributed by atoms with E-state index in [1.165, 1.54) is 23.8 Å². The summed E-state index contributed by atoms with van der Waals surface area (Å²) in [6, 6.07) is 35.7. The van der Waals surface area contributed by atoms with Crippen molar-refractivity contribution in [2.45, 2.75) is 18.8 Å². The van der Waals surface area contributed by atoms with Crippen LogP contribution in [0.2, 0.25) is 0 Å². The zero-order chi connectivity index (χ0) is 23.2. The second-order valence-corrected chi connectivity index (χ2v) is 8.91. The number of fused-ring (bicyclic) bond motifs is 3. The fourth-order valence-electron chi connectivity index (χ4n) is 4.70. The number of benzene rings is 3. The summed E-state index contributed by atoms with van der Waals surface area (Å²) >= 11 is 0. The molecule has 1 saturated carbocycles. The number of aromatic nitrogens is 3. The van der Waals surface area contributed by atoms with Gasteiger partial charge in [-0.15, -0.1) is 18.2 Å². The summed E-state index contributed by atoms with van der Waals surface area (Å²) in [4.78, 5) is 9.01. The summed E-state index contributed by atoms with van der Waals surface area (Å²) in [7, 11) is 0. The minimum absolute atomic E-state index is 0. The second-order valence-electron chi connectivity index (χ2n) is 8.91. The van der Waals surface area contributed by atoms with E-state index in [2.05, 4.69) is 70.2 Å². The summed E-state index contributed by atoms with van der Waals surface area (Å²) in [5, 5.41) is 2.35. The van der Waals surface area contributed by atoms with E-state index in [1.807, 2.05) is 42.6 Å². The van der Waals surface area contributed by atoms with Crippen molar-refractivity contribution < 1.29 is 25.8 Å². The van der Waals surface area contributed by atoms with E-state index in [4.69, 9.17) is 9.72 Å². The molecule has 3 aromatic carbocycles. The molecule has 4 nitrogen and oxygen atoms in total. The van der Waals surface area contributed by atoms with Crippen molar-refractivity contribution in [2.75, 3.05) is 0 Å². The molecular formula is C31H21N3OPt. The van der Waals surface area contributed by atoms with E-state index in [0.29, 0.717) is 17.5 Å². The van der Waals surface area contributed by atoms with E-state index >= 15 is 0 Å². The van der Waals surface area contributed by atoms with Crippen molar-refractivity contribution in [3.8, 4) is 28.6 Å². The fraction of sp³-hybridized carbons (Fsp3) is 0.0968. The van der Waals surface area contributed by atoms with Gasteiger partial charge in [0.15, 0.2) is 0 Å². The van der Waals surface area contributed by atoms with Crippen molar-refractivity contribution in [1.82, 2.24) is 14.5 Å². The topological polar surface area (TPSA) is 39.9 Å². The molecule has 1 aliphatic carbocycles. The minimum Gasteiger partial charge on any atom is -0.460 e. The molecule has 176 valence electrons. The molecule has 0 N–H and O–H groups in total. The first-order valence-corrected chi connectivity index (χ1v) is 11.9. The van der Waals surface area contributed by atoms with Crippen molar-refractivity contribution in [3.05, 3.63) is 115 Å². The molecule has 3 heterocycles. The predicted molar refractivity (Wildman–Crippen MR) is 138 cm³/mol. The molecule has 0 atom stereocenters. The van der Waals surface area contributed by atoms with Gasteiger partial charge in [0.2, 0.25) is 5.88 Å². The third-order valence-corrected chi connectivity index (χ3v) is 6.54. The summed E-state index contributed by atoms with van der Waals surface area (Å²) in [5.41, 5.74) is 5.37. The van der Waals surface area contributed by atoms with Crippen LogP contribution in [0.15, 0.2) is 97.3 Å². The van der Waals surface area contributed by atoms with Gasteiger partial charge in [-0.05, 0) is 59.5 Å². The number of pyridine rings is 2. The third-order valence-electron chi connectivity index (χ3n) is 6.54. The van der Waals surface area contributed by atoms with Crippen LogP contribution in [-0.4, -0.2) is 14.5 Å². The van der Waals surface area contributed by atoms with Gasteiger partial charge in [-0.1, -0.05) is 29.7 Å². The van der Waals surface area contributed by atoms with Crippen LogP contribution in [0.1, 0.15) is 24.3 Å². The van der Waals surface area contributed by atoms with Crippen molar-refractivity contribution >= 4 is 21.8 Å². The average Bonchev–Trinajstić information content (AvgIpc) is 3.71. The predicted octanol–water partition coefficient (Wildman–Crippen LogP) is 7.51. The Morgan fingerprint density at radius 2 is 1.61 bits per heavy atom. The molecule has 0 bridgehead atoms. The van der Waals surface area contributed by atoms with Gasteiger partial charge in [-0.2, -0.15) is 24.3 Å². The summed E-state index contributed by atoms with van der Waals surface area (Å²) in [5.74, 6) is 2.77. The largest absolute Gasteiger partial charge is 2.00 e. The molecule has 3 aromatic heterocycles. The van der Waals surface area contributed by atoms with Crippen LogP contribution in [0.4, 0.5) is 0 Å². The van der Waals surface area contributed by atoms with Crippen molar-refractivity contribution in [2.24, 2.45) is 0 Å². The molecule has 5 heteroatoms. The Balaban J connectivity index is 0.00000240. The summed E-state index contributed by atoms with van der Waals surface area (Å²) in [6.07, 6.45) is 6.17. The van der Waals surface area contributed by atoms with Crippen LogP contribution in [0, 0.1) is 12.1 Å². The molecule has 7 rings (SSSR count). The maximum atomic E-state index is 5.91. The van der Waals surface area contributed by atoms with Gasteiger partial charge in [0.1, 0.15) is 5.82 Å². The Labute approximate surface area is 223 Å². The summed E-state index contributed by atoms with van der Waals surface area (Å²) < 4.78 is 8.15. The Bertz CT molecular complexity index is 1690. The SMILES string of the molecule is [Pt+2].[c-]1c(Oc2ccccn2)cccc1-c1[c-]c2c(cc1)c1ccccc1n2-c1cc(C2CC2)ccn1. The number of ether oxygens (including phenoxy) is 1. The first kappa shape index (κ1) is 22.7. The van der Waals surface area contributed by atoms with Crippen LogP contribution in [0.3, 0.4) is 0 Å². The van der Waals surface area contributed by atoms with Gasteiger partial charge >= 0.3 is 21.1 Å². The van der Waals surface area contributed by atoms with E-state index in [0.717, 1.165) is 33.4 Å². The minimum atomic E-state index is 0.